The van der Waals surface area contributed by atoms with Crippen molar-refractivity contribution in [3.8, 4) is 0 Å². The number of ether oxygens (including phenoxy) is 1. The lowest BCUT2D eigenvalue weighted by atomic mass is 10.1. The van der Waals surface area contributed by atoms with E-state index in [9.17, 15) is 9.59 Å². The minimum atomic E-state index is -0.192. The van der Waals surface area contributed by atoms with Crippen LogP contribution in [0.2, 0.25) is 0 Å². The van der Waals surface area contributed by atoms with E-state index < -0.39 is 0 Å². The molecule has 0 spiro atoms. The summed E-state index contributed by atoms with van der Waals surface area (Å²) >= 11 is 0. The lowest BCUT2D eigenvalue weighted by molar-refractivity contribution is -0.117. The third-order valence-electron chi connectivity index (χ3n) is 5.03. The van der Waals surface area contributed by atoms with E-state index in [2.05, 4.69) is 10.2 Å². The summed E-state index contributed by atoms with van der Waals surface area (Å²) in [5.74, 6) is -0.0993. The Bertz CT molecular complexity index is 818. The minimum absolute atomic E-state index is 0.0352. The van der Waals surface area contributed by atoms with E-state index in [0.717, 1.165) is 24.5 Å². The molecule has 6 nitrogen and oxygen atoms in total. The van der Waals surface area contributed by atoms with Gasteiger partial charge in [-0.2, -0.15) is 0 Å². The van der Waals surface area contributed by atoms with Gasteiger partial charge in [-0.25, -0.2) is 0 Å². The van der Waals surface area contributed by atoms with E-state index in [0.29, 0.717) is 31.7 Å². The number of para-hydroxylation sites is 2. The second-order valence-corrected chi connectivity index (χ2v) is 6.83. The van der Waals surface area contributed by atoms with Gasteiger partial charge in [-0.3, -0.25) is 9.59 Å². The molecule has 2 amide bonds. The first-order valence-electron chi connectivity index (χ1n) is 9.30. The molecule has 0 bridgehead atoms. The predicted octanol–water partition coefficient (Wildman–Crippen LogP) is 2.06. The number of nitrogens with one attached hydrogen (secondary N) is 1. The number of nitrogens with zero attached hydrogens (tertiary/aromatic N) is 2. The normalized spacial score (nSPS) is 20.0. The smallest absolute Gasteiger partial charge is 0.253 e. The Kier molecular flexibility index (Phi) is 5.07. The Hall–Kier alpha value is -2.86. The first kappa shape index (κ1) is 17.5. The van der Waals surface area contributed by atoms with Gasteiger partial charge in [0.25, 0.3) is 5.91 Å². The van der Waals surface area contributed by atoms with Crippen molar-refractivity contribution in [2.24, 2.45) is 0 Å². The Morgan fingerprint density at radius 1 is 1.00 bits per heavy atom. The van der Waals surface area contributed by atoms with Crippen LogP contribution in [0.3, 0.4) is 0 Å². The molecule has 0 aromatic heterocycles. The van der Waals surface area contributed by atoms with Gasteiger partial charge in [-0.05, 0) is 24.3 Å². The third-order valence-corrected chi connectivity index (χ3v) is 5.03. The van der Waals surface area contributed by atoms with Gasteiger partial charge in [0.1, 0.15) is 0 Å². The average Bonchev–Trinajstić information content (AvgIpc) is 3.09. The molecule has 0 aliphatic carbocycles. The largest absolute Gasteiger partial charge is 0.378 e. The van der Waals surface area contributed by atoms with Crippen LogP contribution in [0.15, 0.2) is 54.6 Å². The molecule has 6 heteroatoms. The fourth-order valence-corrected chi connectivity index (χ4v) is 3.67. The summed E-state index contributed by atoms with van der Waals surface area (Å²) < 4.78 is 5.41. The van der Waals surface area contributed by atoms with Crippen LogP contribution >= 0.6 is 0 Å². The Morgan fingerprint density at radius 3 is 2.48 bits per heavy atom. The second-order valence-electron chi connectivity index (χ2n) is 6.83. The van der Waals surface area contributed by atoms with Crippen molar-refractivity contribution in [3.05, 3.63) is 60.2 Å². The van der Waals surface area contributed by atoms with E-state index in [-0.39, 0.29) is 17.9 Å². The van der Waals surface area contributed by atoms with Crippen molar-refractivity contribution >= 4 is 23.2 Å². The van der Waals surface area contributed by atoms with Gasteiger partial charge < -0.3 is 19.9 Å². The van der Waals surface area contributed by atoms with Crippen LogP contribution in [0.1, 0.15) is 16.8 Å². The summed E-state index contributed by atoms with van der Waals surface area (Å²) in [4.78, 5) is 29.2. The molecular weight excluding hydrogens is 342 g/mol. The number of rotatable bonds is 4. The zero-order chi connectivity index (χ0) is 18.6. The molecule has 0 saturated carbocycles. The van der Waals surface area contributed by atoms with Crippen LogP contribution in [-0.4, -0.2) is 50.7 Å². The summed E-state index contributed by atoms with van der Waals surface area (Å²) in [6.45, 7) is 3.37. The zero-order valence-electron chi connectivity index (χ0n) is 15.1. The topological polar surface area (TPSA) is 61.9 Å². The monoisotopic (exact) mass is 365 g/mol. The van der Waals surface area contributed by atoms with Crippen molar-refractivity contribution in [2.75, 3.05) is 42.6 Å². The van der Waals surface area contributed by atoms with Crippen molar-refractivity contribution < 1.29 is 14.3 Å². The number of amides is 2. The highest BCUT2D eigenvalue weighted by Crippen LogP contribution is 2.24. The lowest BCUT2D eigenvalue weighted by Crippen LogP contribution is -2.40. The van der Waals surface area contributed by atoms with Crippen molar-refractivity contribution in [1.29, 1.82) is 0 Å². The molecule has 27 heavy (non-hydrogen) atoms. The lowest BCUT2D eigenvalue weighted by Gasteiger charge is -2.30. The van der Waals surface area contributed by atoms with Gasteiger partial charge >= 0.3 is 0 Å². The molecule has 0 radical (unpaired) electrons. The number of hydrogen-bond donors (Lipinski definition) is 1. The quantitative estimate of drug-likeness (QED) is 0.901. The van der Waals surface area contributed by atoms with Crippen LogP contribution in [0.4, 0.5) is 11.4 Å². The molecule has 2 aliphatic rings. The number of benzene rings is 2. The number of carbonyl (C=O) groups is 2. The molecule has 1 N–H and O–H groups in total. The molecule has 2 fully saturated rings. The van der Waals surface area contributed by atoms with E-state index in [1.165, 1.54) is 0 Å². The van der Waals surface area contributed by atoms with Gasteiger partial charge in [0.15, 0.2) is 0 Å². The molecular formula is C21H23N3O3. The number of anilines is 2. The molecule has 1 unspecified atom stereocenters. The zero-order valence-corrected chi connectivity index (χ0v) is 15.1. The summed E-state index contributed by atoms with van der Waals surface area (Å²) in [6.07, 6.45) is 0.320. The predicted molar refractivity (Wildman–Crippen MR) is 104 cm³/mol. The second kappa shape index (κ2) is 7.80. The maximum absolute atomic E-state index is 12.9. The molecule has 2 aliphatic heterocycles. The molecule has 2 aromatic rings. The number of morpholine rings is 1. The van der Waals surface area contributed by atoms with Gasteiger partial charge in [0, 0.05) is 37.4 Å². The first-order valence-corrected chi connectivity index (χ1v) is 9.30. The van der Waals surface area contributed by atoms with Gasteiger partial charge in [-0.15, -0.1) is 0 Å². The Labute approximate surface area is 158 Å². The van der Waals surface area contributed by atoms with Crippen LogP contribution in [0.25, 0.3) is 0 Å². The summed E-state index contributed by atoms with van der Waals surface area (Å²) in [6, 6.07) is 17.0. The fraction of sp³-hybridized carbons (Fsp3) is 0.333. The highest BCUT2D eigenvalue weighted by molar-refractivity contribution is 6.01. The fourth-order valence-electron chi connectivity index (χ4n) is 3.67. The van der Waals surface area contributed by atoms with Crippen molar-refractivity contribution in [1.82, 2.24) is 5.32 Å². The van der Waals surface area contributed by atoms with Crippen LogP contribution in [0.5, 0.6) is 0 Å². The summed E-state index contributed by atoms with van der Waals surface area (Å²) in [5, 5.41) is 3.05. The summed E-state index contributed by atoms with van der Waals surface area (Å²) in [7, 11) is 0. The molecule has 140 valence electrons. The maximum atomic E-state index is 12.9. The number of carbonyl (C=O) groups excluding carboxylic acids is 2. The van der Waals surface area contributed by atoms with Crippen LogP contribution < -0.4 is 15.1 Å². The Morgan fingerprint density at radius 2 is 1.70 bits per heavy atom. The average molecular weight is 365 g/mol. The van der Waals surface area contributed by atoms with Crippen LogP contribution in [-0.2, 0) is 9.53 Å². The van der Waals surface area contributed by atoms with E-state index in [4.69, 9.17) is 4.74 Å². The molecule has 4 rings (SSSR count). The first-order chi connectivity index (χ1) is 13.2. The standard InChI is InChI=1S/C21H23N3O3/c25-20-14-16(15-24(20)17-6-2-1-3-7-17)22-21(26)18-8-4-5-9-19(18)23-10-12-27-13-11-23/h1-9,16H,10-15H2,(H,22,26). The van der Waals surface area contributed by atoms with Crippen LogP contribution in [0, 0.1) is 0 Å². The highest BCUT2D eigenvalue weighted by Gasteiger charge is 2.32. The molecule has 2 heterocycles. The van der Waals surface area contributed by atoms with E-state index in [1.807, 2.05) is 54.6 Å². The third kappa shape index (κ3) is 3.80. The molecule has 1 atom stereocenters. The number of hydrogen-bond acceptors (Lipinski definition) is 4. The van der Waals surface area contributed by atoms with E-state index >= 15 is 0 Å². The Balaban J connectivity index is 1.46. The maximum Gasteiger partial charge on any atom is 0.253 e. The summed E-state index contributed by atoms with van der Waals surface area (Å²) in [5.41, 5.74) is 2.43. The van der Waals surface area contributed by atoms with E-state index in [1.54, 1.807) is 4.90 Å². The van der Waals surface area contributed by atoms with Gasteiger partial charge in [-0.1, -0.05) is 30.3 Å². The van der Waals surface area contributed by atoms with Gasteiger partial charge in [0.05, 0.1) is 24.8 Å². The molecule has 2 aromatic carbocycles. The van der Waals surface area contributed by atoms with Crippen molar-refractivity contribution in [2.45, 2.75) is 12.5 Å². The minimum Gasteiger partial charge on any atom is -0.378 e. The highest BCUT2D eigenvalue weighted by atomic mass is 16.5. The van der Waals surface area contributed by atoms with Gasteiger partial charge in [0.2, 0.25) is 5.91 Å². The SMILES string of the molecule is O=C(NC1CC(=O)N(c2ccccc2)C1)c1ccccc1N1CCOCC1. The van der Waals surface area contributed by atoms with Crippen molar-refractivity contribution in [3.63, 3.8) is 0 Å². The molecule has 2 saturated heterocycles.